The van der Waals surface area contributed by atoms with Crippen LogP contribution in [-0.4, -0.2) is 66.9 Å². The third-order valence-corrected chi connectivity index (χ3v) is 7.44. The van der Waals surface area contributed by atoms with Crippen molar-refractivity contribution in [2.45, 2.75) is 55.2 Å². The number of benzene rings is 1. The minimum atomic E-state index is -4.52. The lowest BCUT2D eigenvalue weighted by molar-refractivity contribution is -0.131. The van der Waals surface area contributed by atoms with E-state index in [0.717, 1.165) is 31.4 Å². The lowest BCUT2D eigenvalue weighted by Gasteiger charge is -2.25. The van der Waals surface area contributed by atoms with Gasteiger partial charge in [-0.05, 0) is 37.5 Å². The highest BCUT2D eigenvalue weighted by atomic mass is 32.2. The first kappa shape index (κ1) is 25.3. The summed E-state index contributed by atoms with van der Waals surface area (Å²) in [4.78, 5) is 18.4. The van der Waals surface area contributed by atoms with E-state index in [1.165, 1.54) is 4.90 Å². The number of sulfone groups is 1. The molecule has 3 unspecified atom stereocenters. The molecule has 14 heteroatoms. The summed E-state index contributed by atoms with van der Waals surface area (Å²) in [6.45, 7) is 2.01. The second-order valence-electron chi connectivity index (χ2n) is 9.19. The van der Waals surface area contributed by atoms with Gasteiger partial charge in [0.1, 0.15) is 12.2 Å². The topological polar surface area (TPSA) is 103 Å². The van der Waals surface area contributed by atoms with E-state index in [1.807, 2.05) is 0 Å². The molecule has 1 aliphatic heterocycles. The van der Waals surface area contributed by atoms with Gasteiger partial charge < -0.3 is 14.2 Å². The molecule has 4 rings (SSSR count). The summed E-state index contributed by atoms with van der Waals surface area (Å²) < 4.78 is 99.4. The van der Waals surface area contributed by atoms with Gasteiger partial charge in [-0.25, -0.2) is 17.2 Å². The van der Waals surface area contributed by atoms with E-state index in [0.29, 0.717) is 13.3 Å². The van der Waals surface area contributed by atoms with Crippen LogP contribution in [0.25, 0.3) is 0 Å². The van der Waals surface area contributed by atoms with E-state index in [2.05, 4.69) is 10.1 Å². The van der Waals surface area contributed by atoms with Crippen molar-refractivity contribution >= 4 is 15.7 Å². The molecule has 0 N–H and O–H groups in total. The highest BCUT2D eigenvalue weighted by molar-refractivity contribution is 7.90. The number of ether oxygens (including phenoxy) is 1. The SMILES string of the molecule is CC(Oc1ccc(S(C)(=O)=O)cc1C(=O)N1CC2CC2(c2noc(CC(F)(F)F)n2)C1)C(C)(F)F. The Morgan fingerprint density at radius 1 is 1.31 bits per heavy atom. The van der Waals surface area contributed by atoms with Gasteiger partial charge in [0.2, 0.25) is 5.89 Å². The number of halogens is 5. The molecule has 2 fully saturated rings. The molecule has 1 aromatic heterocycles. The molecule has 1 aliphatic carbocycles. The zero-order valence-corrected chi connectivity index (χ0v) is 19.7. The molecule has 1 saturated heterocycles. The molecule has 1 saturated carbocycles. The maximum absolute atomic E-state index is 13.7. The van der Waals surface area contributed by atoms with E-state index in [1.54, 1.807) is 0 Å². The Hall–Kier alpha value is -2.77. The number of alkyl halides is 5. The van der Waals surface area contributed by atoms with Crippen molar-refractivity contribution in [3.8, 4) is 5.75 Å². The zero-order chi connectivity index (χ0) is 26.0. The average molecular weight is 523 g/mol. The maximum atomic E-state index is 13.7. The fraction of sp³-hybridized carbons (Fsp3) is 0.571. The largest absolute Gasteiger partial charge is 0.484 e. The Morgan fingerprint density at radius 3 is 2.60 bits per heavy atom. The molecule has 0 spiro atoms. The third kappa shape index (κ3) is 5.11. The van der Waals surface area contributed by atoms with Gasteiger partial charge in [-0.2, -0.15) is 18.2 Å². The summed E-state index contributed by atoms with van der Waals surface area (Å²) in [6, 6.07) is 3.38. The molecule has 35 heavy (non-hydrogen) atoms. The summed E-state index contributed by atoms with van der Waals surface area (Å²) in [5.74, 6) is -4.76. The van der Waals surface area contributed by atoms with Crippen molar-refractivity contribution in [2.75, 3.05) is 19.3 Å². The van der Waals surface area contributed by atoms with Gasteiger partial charge in [0.15, 0.2) is 21.8 Å². The fourth-order valence-electron chi connectivity index (χ4n) is 4.16. The summed E-state index contributed by atoms with van der Waals surface area (Å²) >= 11 is 0. The molecule has 2 aromatic rings. The first-order valence-corrected chi connectivity index (χ1v) is 12.5. The Morgan fingerprint density at radius 2 is 2.00 bits per heavy atom. The van der Waals surface area contributed by atoms with E-state index in [-0.39, 0.29) is 41.0 Å². The summed E-state index contributed by atoms with van der Waals surface area (Å²) in [7, 11) is -3.72. The van der Waals surface area contributed by atoms with Crippen molar-refractivity contribution in [1.82, 2.24) is 15.0 Å². The Labute approximate surface area is 197 Å². The van der Waals surface area contributed by atoms with Crippen molar-refractivity contribution in [2.24, 2.45) is 5.92 Å². The van der Waals surface area contributed by atoms with Gasteiger partial charge in [-0.15, -0.1) is 0 Å². The van der Waals surface area contributed by atoms with Crippen LogP contribution >= 0.6 is 0 Å². The first-order valence-electron chi connectivity index (χ1n) is 10.6. The van der Waals surface area contributed by atoms with Crippen LogP contribution in [0.3, 0.4) is 0 Å². The van der Waals surface area contributed by atoms with E-state index in [9.17, 15) is 35.2 Å². The number of carbonyl (C=O) groups is 1. The zero-order valence-electron chi connectivity index (χ0n) is 18.9. The van der Waals surface area contributed by atoms with Crippen LogP contribution in [-0.2, 0) is 21.7 Å². The number of fused-ring (bicyclic) bond motifs is 1. The Kier molecular flexibility index (Phi) is 5.89. The van der Waals surface area contributed by atoms with Crippen molar-refractivity contribution in [3.63, 3.8) is 0 Å². The maximum Gasteiger partial charge on any atom is 0.397 e. The van der Waals surface area contributed by atoms with Gasteiger partial charge in [0.05, 0.1) is 15.9 Å². The standard InChI is InChI=1S/C21H22F5N3O5S/c1-11(19(2,22)23)33-15-5-4-13(35(3,31)32)6-14(15)17(30)29-9-12-7-20(12,10-29)18-27-16(34-28-18)8-21(24,25)26/h4-6,11-12H,7-10H2,1-3H3. The Balaban J connectivity index is 1.60. The molecular formula is C21H22F5N3O5S. The van der Waals surface area contributed by atoms with Crippen molar-refractivity contribution < 1.29 is 44.4 Å². The predicted octanol–water partition coefficient (Wildman–Crippen LogP) is 3.41. The molecule has 192 valence electrons. The molecule has 1 aromatic carbocycles. The molecule has 0 bridgehead atoms. The monoisotopic (exact) mass is 523 g/mol. The summed E-state index contributed by atoms with van der Waals surface area (Å²) in [5.41, 5.74) is -0.992. The van der Waals surface area contributed by atoms with Crippen LogP contribution in [0.5, 0.6) is 5.75 Å². The van der Waals surface area contributed by atoms with Crippen LogP contribution in [0.2, 0.25) is 0 Å². The highest BCUT2D eigenvalue weighted by Gasteiger charge is 2.64. The number of aromatic nitrogens is 2. The number of piperidine rings is 1. The lowest BCUT2D eigenvalue weighted by atomic mass is 10.1. The van der Waals surface area contributed by atoms with Crippen LogP contribution in [0, 0.1) is 5.92 Å². The Bertz CT molecular complexity index is 1260. The number of nitrogens with zero attached hydrogens (tertiary/aromatic N) is 3. The van der Waals surface area contributed by atoms with Gasteiger partial charge >= 0.3 is 6.18 Å². The average Bonchev–Trinajstić information content (AvgIpc) is 3.05. The number of hydrogen-bond acceptors (Lipinski definition) is 7. The first-order chi connectivity index (χ1) is 16.0. The quantitative estimate of drug-likeness (QED) is 0.513. The number of amides is 1. The van der Waals surface area contributed by atoms with Gasteiger partial charge in [0, 0.05) is 26.3 Å². The normalized spacial score (nSPS) is 23.2. The van der Waals surface area contributed by atoms with Gasteiger partial charge in [-0.3, -0.25) is 4.79 Å². The molecular weight excluding hydrogens is 501 g/mol. The second-order valence-corrected chi connectivity index (χ2v) is 11.2. The summed E-state index contributed by atoms with van der Waals surface area (Å²) in [5, 5.41) is 3.68. The summed E-state index contributed by atoms with van der Waals surface area (Å²) in [6.07, 6.45) is -6.02. The molecule has 1 amide bonds. The number of likely N-dealkylation sites (tertiary alicyclic amines) is 1. The second kappa shape index (κ2) is 8.14. The van der Waals surface area contributed by atoms with E-state index >= 15 is 0 Å². The molecule has 2 aliphatic rings. The number of rotatable bonds is 7. The number of hydrogen-bond donors (Lipinski definition) is 0. The smallest absolute Gasteiger partial charge is 0.397 e. The van der Waals surface area contributed by atoms with Gasteiger partial charge in [-0.1, -0.05) is 5.16 Å². The van der Waals surface area contributed by atoms with Crippen molar-refractivity contribution in [1.29, 1.82) is 0 Å². The molecule has 0 radical (unpaired) electrons. The molecule has 3 atom stereocenters. The van der Waals surface area contributed by atoms with Crippen molar-refractivity contribution in [3.05, 3.63) is 35.5 Å². The fourth-order valence-corrected chi connectivity index (χ4v) is 4.81. The van der Waals surface area contributed by atoms with Crippen LogP contribution in [0.1, 0.15) is 42.3 Å². The molecule has 2 heterocycles. The van der Waals surface area contributed by atoms with Crippen LogP contribution < -0.4 is 4.74 Å². The minimum absolute atomic E-state index is 0.0452. The third-order valence-electron chi connectivity index (χ3n) is 6.33. The molecule has 8 nitrogen and oxygen atoms in total. The number of carbonyl (C=O) groups excluding carboxylic acids is 1. The predicted molar refractivity (Wildman–Crippen MR) is 110 cm³/mol. The van der Waals surface area contributed by atoms with Crippen LogP contribution in [0.4, 0.5) is 22.0 Å². The lowest BCUT2D eigenvalue weighted by Crippen LogP contribution is -2.35. The highest BCUT2D eigenvalue weighted by Crippen LogP contribution is 2.58. The van der Waals surface area contributed by atoms with Gasteiger partial charge in [0.25, 0.3) is 11.8 Å². The minimum Gasteiger partial charge on any atom is -0.484 e. The van der Waals surface area contributed by atoms with E-state index in [4.69, 9.17) is 9.26 Å². The van der Waals surface area contributed by atoms with Crippen LogP contribution in [0.15, 0.2) is 27.6 Å². The van der Waals surface area contributed by atoms with E-state index < -0.39 is 51.7 Å².